The number of nitrogens with one attached hydrogen (secondary N) is 2. The molecule has 2 aromatic heterocycles. The standard InChI is InChI=1S/C22H19N5O/c1-3-27-17-7-5-4-6-14(17)15-10-13(8-9-18(15)27)20-16(11-23)21(24)28-22-19(20)12(2)25-26-22/h4-10,16,20,24H,3H2,1-2H3,(H,25,26). The van der Waals surface area contributed by atoms with Gasteiger partial charge in [0.1, 0.15) is 5.92 Å². The van der Waals surface area contributed by atoms with Crippen molar-refractivity contribution in [3.8, 4) is 11.9 Å². The number of fused-ring (bicyclic) bond motifs is 4. The molecule has 5 rings (SSSR count). The van der Waals surface area contributed by atoms with Gasteiger partial charge < -0.3 is 9.30 Å². The van der Waals surface area contributed by atoms with Crippen LogP contribution in [0.3, 0.4) is 0 Å². The van der Waals surface area contributed by atoms with E-state index in [0.29, 0.717) is 5.88 Å². The summed E-state index contributed by atoms with van der Waals surface area (Å²) in [6, 6.07) is 17.0. The van der Waals surface area contributed by atoms with Crippen molar-refractivity contribution in [3.05, 3.63) is 59.3 Å². The first-order valence-corrected chi connectivity index (χ1v) is 9.35. The van der Waals surface area contributed by atoms with Crippen LogP contribution in [-0.4, -0.2) is 20.7 Å². The van der Waals surface area contributed by atoms with Crippen molar-refractivity contribution in [1.29, 1.82) is 10.7 Å². The molecule has 0 aliphatic carbocycles. The fourth-order valence-electron chi connectivity index (χ4n) is 4.44. The highest BCUT2D eigenvalue weighted by Crippen LogP contribution is 2.44. The molecule has 4 aromatic rings. The third-order valence-electron chi connectivity index (χ3n) is 5.70. The van der Waals surface area contributed by atoms with Crippen molar-refractivity contribution in [2.45, 2.75) is 26.3 Å². The van der Waals surface area contributed by atoms with Gasteiger partial charge in [0, 0.05) is 45.5 Å². The molecule has 0 spiro atoms. The molecule has 1 aliphatic rings. The number of benzene rings is 2. The van der Waals surface area contributed by atoms with Crippen molar-refractivity contribution < 1.29 is 4.74 Å². The third kappa shape index (κ3) is 2.13. The summed E-state index contributed by atoms with van der Waals surface area (Å²) in [5, 5.41) is 27.4. The van der Waals surface area contributed by atoms with Crippen LogP contribution in [-0.2, 0) is 6.54 Å². The van der Waals surface area contributed by atoms with Gasteiger partial charge in [0.05, 0.1) is 6.07 Å². The molecule has 6 nitrogen and oxygen atoms in total. The second kappa shape index (κ2) is 5.96. The topological polar surface area (TPSA) is 90.5 Å². The lowest BCUT2D eigenvalue weighted by Gasteiger charge is -2.27. The Kier molecular flexibility index (Phi) is 3.53. The van der Waals surface area contributed by atoms with Gasteiger partial charge in [-0.1, -0.05) is 24.3 Å². The summed E-state index contributed by atoms with van der Waals surface area (Å²) in [6.07, 6.45) is 0. The number of para-hydroxylation sites is 1. The van der Waals surface area contributed by atoms with Crippen LogP contribution < -0.4 is 4.74 Å². The number of rotatable bonds is 2. The Morgan fingerprint density at radius 2 is 2.00 bits per heavy atom. The van der Waals surface area contributed by atoms with Crippen LogP contribution >= 0.6 is 0 Å². The summed E-state index contributed by atoms with van der Waals surface area (Å²) >= 11 is 0. The van der Waals surface area contributed by atoms with E-state index in [2.05, 4.69) is 70.2 Å². The van der Waals surface area contributed by atoms with E-state index in [4.69, 9.17) is 10.1 Å². The maximum absolute atomic E-state index is 9.77. The summed E-state index contributed by atoms with van der Waals surface area (Å²) in [5.74, 6) is -0.619. The highest BCUT2D eigenvalue weighted by molar-refractivity contribution is 6.08. The number of hydrogen-bond acceptors (Lipinski definition) is 4. The minimum Gasteiger partial charge on any atom is -0.422 e. The van der Waals surface area contributed by atoms with Gasteiger partial charge in [0.25, 0.3) is 0 Å². The van der Waals surface area contributed by atoms with E-state index in [-0.39, 0.29) is 11.8 Å². The number of aromatic amines is 1. The van der Waals surface area contributed by atoms with Crippen LogP contribution in [0.25, 0.3) is 21.8 Å². The number of hydrogen-bond donors (Lipinski definition) is 2. The van der Waals surface area contributed by atoms with E-state index in [1.165, 1.54) is 16.4 Å². The van der Waals surface area contributed by atoms with Crippen molar-refractivity contribution >= 4 is 27.7 Å². The van der Waals surface area contributed by atoms with Gasteiger partial charge in [-0.3, -0.25) is 10.5 Å². The van der Waals surface area contributed by atoms with Crippen molar-refractivity contribution in [2.75, 3.05) is 0 Å². The summed E-state index contributed by atoms with van der Waals surface area (Å²) in [6.45, 7) is 4.95. The third-order valence-corrected chi connectivity index (χ3v) is 5.70. The summed E-state index contributed by atoms with van der Waals surface area (Å²) in [4.78, 5) is 0. The van der Waals surface area contributed by atoms with Crippen LogP contribution in [0.4, 0.5) is 0 Å². The van der Waals surface area contributed by atoms with E-state index in [9.17, 15) is 5.26 Å². The van der Waals surface area contributed by atoms with Crippen LogP contribution in [0, 0.1) is 29.6 Å². The minimum atomic E-state index is -0.680. The molecule has 2 unspecified atom stereocenters. The molecule has 0 amide bonds. The van der Waals surface area contributed by atoms with Gasteiger partial charge in [-0.15, -0.1) is 5.10 Å². The Balaban J connectivity index is 1.79. The fourth-order valence-corrected chi connectivity index (χ4v) is 4.44. The van der Waals surface area contributed by atoms with Crippen LogP contribution in [0.1, 0.15) is 29.7 Å². The Morgan fingerprint density at radius 1 is 1.21 bits per heavy atom. The summed E-state index contributed by atoms with van der Waals surface area (Å²) in [5.41, 5.74) is 5.10. The zero-order valence-corrected chi connectivity index (χ0v) is 15.7. The van der Waals surface area contributed by atoms with E-state index >= 15 is 0 Å². The Labute approximate surface area is 161 Å². The average molecular weight is 369 g/mol. The smallest absolute Gasteiger partial charge is 0.243 e. The molecule has 0 saturated heterocycles. The minimum absolute atomic E-state index is 0.0532. The molecule has 138 valence electrons. The lowest BCUT2D eigenvalue weighted by atomic mass is 9.79. The molecule has 0 saturated carbocycles. The lowest BCUT2D eigenvalue weighted by molar-refractivity contribution is 0.436. The number of aromatic nitrogens is 3. The molecule has 6 heteroatoms. The van der Waals surface area contributed by atoms with Crippen molar-refractivity contribution in [1.82, 2.24) is 14.8 Å². The maximum atomic E-state index is 9.77. The maximum Gasteiger partial charge on any atom is 0.243 e. The number of nitrogens with zero attached hydrogens (tertiary/aromatic N) is 3. The average Bonchev–Trinajstić information content (AvgIpc) is 3.24. The summed E-state index contributed by atoms with van der Waals surface area (Å²) < 4.78 is 7.80. The molecule has 2 N–H and O–H groups in total. The van der Waals surface area contributed by atoms with Gasteiger partial charge in [0.15, 0.2) is 0 Å². The molecule has 28 heavy (non-hydrogen) atoms. The van der Waals surface area contributed by atoms with Crippen LogP contribution in [0.15, 0.2) is 42.5 Å². The fraction of sp³-hybridized carbons (Fsp3) is 0.227. The summed E-state index contributed by atoms with van der Waals surface area (Å²) in [7, 11) is 0. The van der Waals surface area contributed by atoms with Crippen molar-refractivity contribution in [3.63, 3.8) is 0 Å². The molecule has 0 radical (unpaired) electrons. The van der Waals surface area contributed by atoms with E-state index in [1.54, 1.807) is 0 Å². The molecule has 0 bridgehead atoms. The van der Waals surface area contributed by atoms with Crippen LogP contribution in [0.5, 0.6) is 5.88 Å². The predicted molar refractivity (Wildman–Crippen MR) is 108 cm³/mol. The van der Waals surface area contributed by atoms with E-state index in [0.717, 1.165) is 28.8 Å². The van der Waals surface area contributed by atoms with Gasteiger partial charge in [-0.2, -0.15) is 5.26 Å². The molecule has 2 atom stereocenters. The first-order valence-electron chi connectivity index (χ1n) is 9.35. The zero-order chi connectivity index (χ0) is 19.4. The van der Waals surface area contributed by atoms with E-state index in [1.807, 2.05) is 6.92 Å². The molecule has 1 aliphatic heterocycles. The zero-order valence-electron chi connectivity index (χ0n) is 15.7. The Morgan fingerprint density at radius 3 is 2.79 bits per heavy atom. The quantitative estimate of drug-likeness (QED) is 0.545. The normalized spacial score (nSPS) is 18.8. The van der Waals surface area contributed by atoms with Gasteiger partial charge in [0.2, 0.25) is 11.8 Å². The van der Waals surface area contributed by atoms with Crippen molar-refractivity contribution in [2.24, 2.45) is 5.92 Å². The Hall–Kier alpha value is -3.59. The number of ether oxygens (including phenoxy) is 1. The van der Waals surface area contributed by atoms with Crippen LogP contribution in [0.2, 0.25) is 0 Å². The second-order valence-corrected chi connectivity index (χ2v) is 7.16. The number of nitriles is 1. The molecule has 3 heterocycles. The first-order chi connectivity index (χ1) is 13.6. The highest BCUT2D eigenvalue weighted by Gasteiger charge is 2.39. The first kappa shape index (κ1) is 16.6. The molecular weight excluding hydrogens is 350 g/mol. The predicted octanol–water partition coefficient (Wildman–Crippen LogP) is 4.49. The Bertz CT molecular complexity index is 1290. The van der Waals surface area contributed by atoms with Gasteiger partial charge >= 0.3 is 0 Å². The molecule has 0 fully saturated rings. The number of aryl methyl sites for hydroxylation is 2. The second-order valence-electron chi connectivity index (χ2n) is 7.16. The SMILES string of the molecule is CCn1c2ccccc2c2cc(C3c4c(n[nH]c4C)OC(=N)C3C#N)ccc21. The van der Waals surface area contributed by atoms with Gasteiger partial charge in [-0.25, -0.2) is 0 Å². The lowest BCUT2D eigenvalue weighted by Crippen LogP contribution is -2.30. The molecular formula is C22H19N5O. The largest absolute Gasteiger partial charge is 0.422 e. The monoisotopic (exact) mass is 369 g/mol. The number of H-pyrrole nitrogens is 1. The molecule has 2 aromatic carbocycles. The van der Waals surface area contributed by atoms with E-state index < -0.39 is 5.92 Å². The highest BCUT2D eigenvalue weighted by atomic mass is 16.5. The van der Waals surface area contributed by atoms with Gasteiger partial charge in [-0.05, 0) is 37.6 Å².